The normalized spacial score (nSPS) is 25.0. The molecular weight excluding hydrogens is 260 g/mol. The summed E-state index contributed by atoms with van der Waals surface area (Å²) in [4.78, 5) is 6.24. The first-order chi connectivity index (χ1) is 10.1. The summed E-state index contributed by atoms with van der Waals surface area (Å²) in [6.45, 7) is 6.49. The summed E-state index contributed by atoms with van der Waals surface area (Å²) in [7, 11) is 0. The molecule has 4 heteroatoms. The van der Waals surface area contributed by atoms with E-state index < -0.39 is 0 Å². The summed E-state index contributed by atoms with van der Waals surface area (Å²) >= 11 is 0. The number of aliphatic imine (C=N–C) groups is 1. The van der Waals surface area contributed by atoms with Crippen LogP contribution in [0.2, 0.25) is 0 Å². The third-order valence-corrected chi connectivity index (χ3v) is 5.12. The predicted molar refractivity (Wildman–Crippen MR) is 83.3 cm³/mol. The van der Waals surface area contributed by atoms with E-state index in [1.165, 1.54) is 6.42 Å². The average molecular weight is 286 g/mol. The van der Waals surface area contributed by atoms with Crippen LogP contribution in [-0.4, -0.2) is 23.8 Å². The smallest absolute Gasteiger partial charge is 0.207 e. The van der Waals surface area contributed by atoms with Crippen molar-refractivity contribution in [2.75, 3.05) is 13.1 Å². The molecule has 1 atom stereocenters. The fourth-order valence-electron chi connectivity index (χ4n) is 3.64. The van der Waals surface area contributed by atoms with E-state index in [0.29, 0.717) is 11.3 Å². The van der Waals surface area contributed by atoms with Crippen LogP contribution in [0.15, 0.2) is 4.99 Å². The summed E-state index contributed by atoms with van der Waals surface area (Å²) in [6, 6.07) is 2.46. The van der Waals surface area contributed by atoms with Crippen molar-refractivity contribution >= 4 is 5.84 Å². The molecule has 1 aliphatic carbocycles. The molecule has 0 aromatic heterocycles. The zero-order valence-corrected chi connectivity index (χ0v) is 13.3. The highest BCUT2D eigenvalue weighted by molar-refractivity contribution is 5.88. The van der Waals surface area contributed by atoms with Gasteiger partial charge in [0.2, 0.25) is 6.19 Å². The van der Waals surface area contributed by atoms with Crippen molar-refractivity contribution in [3.63, 3.8) is 0 Å². The van der Waals surface area contributed by atoms with Gasteiger partial charge in [0.15, 0.2) is 0 Å². The number of piperidine rings is 1. The third kappa shape index (κ3) is 3.97. The maximum Gasteiger partial charge on any atom is 0.207 e. The number of hydrogen-bond acceptors (Lipinski definition) is 3. The highest BCUT2D eigenvalue weighted by Gasteiger charge is 2.35. The van der Waals surface area contributed by atoms with Gasteiger partial charge in [0.05, 0.1) is 6.07 Å². The predicted octanol–water partition coefficient (Wildman–Crippen LogP) is 3.71. The van der Waals surface area contributed by atoms with Crippen LogP contribution in [-0.2, 0) is 0 Å². The molecule has 114 valence electrons. The van der Waals surface area contributed by atoms with Crippen LogP contribution in [0.3, 0.4) is 0 Å². The molecule has 0 N–H and O–H groups in total. The van der Waals surface area contributed by atoms with Crippen molar-refractivity contribution in [1.82, 2.24) is 4.90 Å². The van der Waals surface area contributed by atoms with Crippen LogP contribution in [0.25, 0.3) is 0 Å². The van der Waals surface area contributed by atoms with Crippen molar-refractivity contribution < 1.29 is 0 Å². The van der Waals surface area contributed by atoms with Crippen LogP contribution < -0.4 is 0 Å². The number of likely N-dealkylation sites (tertiary alicyclic amines) is 1. The Hall–Kier alpha value is -1.55. The molecule has 4 nitrogen and oxygen atoms in total. The molecule has 2 fully saturated rings. The van der Waals surface area contributed by atoms with E-state index in [-0.39, 0.29) is 5.92 Å². The molecule has 0 bridgehead atoms. The Morgan fingerprint density at radius 3 is 2.29 bits per heavy atom. The van der Waals surface area contributed by atoms with Gasteiger partial charge in [0.1, 0.15) is 11.8 Å². The zero-order valence-electron chi connectivity index (χ0n) is 13.3. The highest BCUT2D eigenvalue weighted by atomic mass is 15.2. The summed E-state index contributed by atoms with van der Waals surface area (Å²) in [5, 5.41) is 18.7. The molecule has 1 saturated carbocycles. The molecule has 0 radical (unpaired) electrons. The van der Waals surface area contributed by atoms with Gasteiger partial charge in [-0.1, -0.05) is 13.8 Å². The molecule has 0 spiro atoms. The minimum Gasteiger partial charge on any atom is -0.358 e. The standard InChI is InChI=1S/C17H26N4/c1-17(2)8-6-14(7-9-17)15(12-18)16(20-13-19)21-10-4-3-5-11-21/h14-15H,3-11H2,1-2H3/b20-16-. The van der Waals surface area contributed by atoms with Crippen LogP contribution >= 0.6 is 0 Å². The summed E-state index contributed by atoms with van der Waals surface area (Å²) < 4.78 is 0. The average Bonchev–Trinajstić information content (AvgIpc) is 2.49. The monoisotopic (exact) mass is 286 g/mol. The number of nitriles is 2. The van der Waals surface area contributed by atoms with Crippen LogP contribution in [0, 0.1) is 40.0 Å². The second-order valence-electron chi connectivity index (χ2n) is 7.23. The van der Waals surface area contributed by atoms with Gasteiger partial charge in [-0.05, 0) is 56.3 Å². The Kier molecular flexibility index (Phi) is 5.23. The minimum absolute atomic E-state index is 0.209. The van der Waals surface area contributed by atoms with Gasteiger partial charge in [0, 0.05) is 13.1 Å². The van der Waals surface area contributed by atoms with E-state index in [9.17, 15) is 5.26 Å². The molecule has 1 unspecified atom stereocenters. The first kappa shape index (κ1) is 15.8. The second-order valence-corrected chi connectivity index (χ2v) is 7.23. The van der Waals surface area contributed by atoms with Crippen molar-refractivity contribution in [3.8, 4) is 12.3 Å². The zero-order chi connectivity index (χ0) is 15.3. The van der Waals surface area contributed by atoms with E-state index in [0.717, 1.165) is 57.5 Å². The summed E-state index contributed by atoms with van der Waals surface area (Å²) in [6.07, 6.45) is 9.92. The van der Waals surface area contributed by atoms with Gasteiger partial charge in [-0.3, -0.25) is 0 Å². The molecule has 2 aliphatic rings. The van der Waals surface area contributed by atoms with E-state index in [1.54, 1.807) is 0 Å². The maximum atomic E-state index is 9.67. The highest BCUT2D eigenvalue weighted by Crippen LogP contribution is 2.41. The van der Waals surface area contributed by atoms with Gasteiger partial charge in [-0.2, -0.15) is 15.5 Å². The first-order valence-electron chi connectivity index (χ1n) is 8.18. The molecule has 1 saturated heterocycles. The van der Waals surface area contributed by atoms with Crippen LogP contribution in [0.4, 0.5) is 0 Å². The number of hydrogen-bond donors (Lipinski definition) is 0. The van der Waals surface area contributed by atoms with E-state index in [2.05, 4.69) is 29.8 Å². The largest absolute Gasteiger partial charge is 0.358 e. The molecule has 2 rings (SSSR count). The minimum atomic E-state index is -0.209. The lowest BCUT2D eigenvalue weighted by atomic mass is 9.69. The molecule has 0 aromatic rings. The Balaban J connectivity index is 2.12. The fourth-order valence-corrected chi connectivity index (χ4v) is 3.64. The number of amidine groups is 1. The van der Waals surface area contributed by atoms with Gasteiger partial charge < -0.3 is 4.90 Å². The van der Waals surface area contributed by atoms with E-state index in [1.807, 2.05) is 6.19 Å². The van der Waals surface area contributed by atoms with E-state index >= 15 is 0 Å². The first-order valence-corrected chi connectivity index (χ1v) is 8.18. The number of rotatable bonds is 2. The Morgan fingerprint density at radius 2 is 1.76 bits per heavy atom. The SMILES string of the molecule is CC1(C)CCC(C(C#N)/C(=N/C#N)N2CCCCC2)CC1. The lowest BCUT2D eigenvalue weighted by molar-refractivity contribution is 0.176. The van der Waals surface area contributed by atoms with Gasteiger partial charge in [-0.15, -0.1) is 0 Å². The molecule has 21 heavy (non-hydrogen) atoms. The maximum absolute atomic E-state index is 9.67. The number of nitrogens with zero attached hydrogens (tertiary/aromatic N) is 4. The van der Waals surface area contributed by atoms with Crippen molar-refractivity contribution in [1.29, 1.82) is 10.5 Å². The lowest BCUT2D eigenvalue weighted by Crippen LogP contribution is -2.42. The van der Waals surface area contributed by atoms with Crippen LogP contribution in [0.5, 0.6) is 0 Å². The molecule has 1 aliphatic heterocycles. The van der Waals surface area contributed by atoms with Gasteiger partial charge in [0.25, 0.3) is 0 Å². The van der Waals surface area contributed by atoms with Crippen LogP contribution in [0.1, 0.15) is 58.8 Å². The van der Waals surface area contributed by atoms with Gasteiger partial charge >= 0.3 is 0 Å². The van der Waals surface area contributed by atoms with Gasteiger partial charge in [-0.25, -0.2) is 0 Å². The third-order valence-electron chi connectivity index (χ3n) is 5.12. The Labute approximate surface area is 128 Å². The Bertz CT molecular complexity index is 450. The lowest BCUT2D eigenvalue weighted by Gasteiger charge is -2.38. The van der Waals surface area contributed by atoms with Crippen molar-refractivity contribution in [3.05, 3.63) is 0 Å². The van der Waals surface area contributed by atoms with Crippen molar-refractivity contribution in [2.45, 2.75) is 58.8 Å². The molecule has 0 amide bonds. The van der Waals surface area contributed by atoms with Crippen molar-refractivity contribution in [2.24, 2.45) is 22.2 Å². The molecule has 0 aromatic carbocycles. The summed E-state index contributed by atoms with van der Waals surface area (Å²) in [5.74, 6) is 0.889. The fraction of sp³-hybridized carbons (Fsp3) is 0.824. The summed E-state index contributed by atoms with van der Waals surface area (Å²) in [5.41, 5.74) is 0.397. The quantitative estimate of drug-likeness (QED) is 0.441. The Morgan fingerprint density at radius 1 is 1.14 bits per heavy atom. The molecular formula is C17H26N4. The molecule has 1 heterocycles. The topological polar surface area (TPSA) is 63.2 Å². The second kappa shape index (κ2) is 6.94. The van der Waals surface area contributed by atoms with E-state index in [4.69, 9.17) is 5.26 Å².